The van der Waals surface area contributed by atoms with Crippen molar-refractivity contribution in [1.29, 1.82) is 0 Å². The third kappa shape index (κ3) is 5.65. The molecule has 0 fully saturated rings. The summed E-state index contributed by atoms with van der Waals surface area (Å²) in [5.41, 5.74) is 3.60. The number of nitro benzene ring substituents is 1. The Bertz CT molecular complexity index is 1060. The van der Waals surface area contributed by atoms with Crippen molar-refractivity contribution in [1.82, 2.24) is 0 Å². The number of aryl methyl sites for hydroxylation is 1. The summed E-state index contributed by atoms with van der Waals surface area (Å²) >= 11 is 13.1. The van der Waals surface area contributed by atoms with Gasteiger partial charge in [-0.05, 0) is 91.9 Å². The molecule has 0 spiro atoms. The molecule has 3 aromatic carbocycles. The molecule has 0 aliphatic rings. The number of ether oxygens (including phenoxy) is 1. The molecule has 0 heterocycles. The van der Waals surface area contributed by atoms with Gasteiger partial charge in [0.25, 0.3) is 5.69 Å². The highest BCUT2D eigenvalue weighted by Gasteiger charge is 2.10. The Labute approximate surface area is 189 Å². The molecule has 3 rings (SSSR count). The van der Waals surface area contributed by atoms with Crippen LogP contribution in [-0.4, -0.2) is 11.1 Å². The topological polar surface area (TPSA) is 64.7 Å². The number of nitro groups is 1. The molecular formula is C21H15Br2ClN2O3. The number of halogens is 3. The van der Waals surface area contributed by atoms with Gasteiger partial charge in [-0.25, -0.2) is 0 Å². The number of hydrogen-bond donors (Lipinski definition) is 0. The van der Waals surface area contributed by atoms with Crippen molar-refractivity contribution in [2.24, 2.45) is 4.99 Å². The lowest BCUT2D eigenvalue weighted by atomic mass is 10.2. The van der Waals surface area contributed by atoms with Gasteiger partial charge in [-0.1, -0.05) is 17.7 Å². The summed E-state index contributed by atoms with van der Waals surface area (Å²) in [7, 11) is 0. The second kappa shape index (κ2) is 9.52. The van der Waals surface area contributed by atoms with Crippen LogP contribution < -0.4 is 4.74 Å². The highest BCUT2D eigenvalue weighted by Crippen LogP contribution is 2.35. The molecule has 148 valence electrons. The average Bonchev–Trinajstić information content (AvgIpc) is 2.68. The molecule has 0 unspecified atom stereocenters. The first kappa shape index (κ1) is 21.5. The molecule has 3 aromatic rings. The number of hydrogen-bond acceptors (Lipinski definition) is 4. The van der Waals surface area contributed by atoms with Crippen molar-refractivity contribution in [3.05, 3.63) is 95.4 Å². The van der Waals surface area contributed by atoms with Gasteiger partial charge in [0.2, 0.25) is 0 Å². The van der Waals surface area contributed by atoms with Gasteiger partial charge in [-0.15, -0.1) is 0 Å². The van der Waals surface area contributed by atoms with E-state index in [4.69, 9.17) is 16.3 Å². The van der Waals surface area contributed by atoms with E-state index < -0.39 is 4.92 Å². The minimum Gasteiger partial charge on any atom is -0.487 e. The first-order chi connectivity index (χ1) is 13.8. The van der Waals surface area contributed by atoms with Gasteiger partial charge in [0.05, 0.1) is 19.6 Å². The van der Waals surface area contributed by atoms with E-state index in [2.05, 4.69) is 36.9 Å². The zero-order valence-corrected chi connectivity index (χ0v) is 19.2. The van der Waals surface area contributed by atoms with Gasteiger partial charge in [0.15, 0.2) is 0 Å². The fourth-order valence-corrected chi connectivity index (χ4v) is 4.14. The summed E-state index contributed by atoms with van der Waals surface area (Å²) in [6.45, 7) is 2.26. The molecular weight excluding hydrogens is 524 g/mol. The van der Waals surface area contributed by atoms with E-state index in [0.29, 0.717) is 10.8 Å². The quantitative estimate of drug-likeness (QED) is 0.186. The predicted molar refractivity (Wildman–Crippen MR) is 123 cm³/mol. The van der Waals surface area contributed by atoms with Gasteiger partial charge >= 0.3 is 0 Å². The predicted octanol–water partition coefficient (Wildman–Crippen LogP) is 7.41. The molecule has 0 saturated carbocycles. The zero-order valence-electron chi connectivity index (χ0n) is 15.2. The molecule has 0 radical (unpaired) electrons. The largest absolute Gasteiger partial charge is 0.487 e. The maximum Gasteiger partial charge on any atom is 0.269 e. The molecule has 29 heavy (non-hydrogen) atoms. The van der Waals surface area contributed by atoms with Gasteiger partial charge < -0.3 is 4.74 Å². The number of benzene rings is 3. The Balaban J connectivity index is 1.74. The molecule has 0 aromatic heterocycles. The van der Waals surface area contributed by atoms with Crippen molar-refractivity contribution in [3.63, 3.8) is 0 Å². The molecule has 0 N–H and O–H groups in total. The molecule has 0 aliphatic heterocycles. The van der Waals surface area contributed by atoms with Crippen molar-refractivity contribution in [2.75, 3.05) is 0 Å². The standard InChI is InChI=1S/C21H15Br2ClN2O3/c1-13-2-5-16(24)10-20(13)25-11-15-8-18(22)21(19(23)9-15)29-12-14-3-6-17(7-4-14)26(27)28/h2-11H,12H2,1H3. The van der Waals surface area contributed by atoms with Crippen molar-refractivity contribution < 1.29 is 9.66 Å². The highest BCUT2D eigenvalue weighted by atomic mass is 79.9. The molecule has 0 saturated heterocycles. The Morgan fingerprint density at radius 1 is 1.10 bits per heavy atom. The van der Waals surface area contributed by atoms with E-state index in [-0.39, 0.29) is 12.3 Å². The Kier molecular flexibility index (Phi) is 7.05. The first-order valence-electron chi connectivity index (χ1n) is 8.49. The molecule has 0 atom stereocenters. The third-order valence-corrected chi connectivity index (χ3v) is 5.49. The van der Waals surface area contributed by atoms with Crippen LogP contribution in [0, 0.1) is 17.0 Å². The lowest BCUT2D eigenvalue weighted by molar-refractivity contribution is -0.384. The van der Waals surface area contributed by atoms with Gasteiger partial charge in [0.1, 0.15) is 12.4 Å². The summed E-state index contributed by atoms with van der Waals surface area (Å²) in [4.78, 5) is 14.8. The van der Waals surface area contributed by atoms with E-state index >= 15 is 0 Å². The summed E-state index contributed by atoms with van der Waals surface area (Å²) in [5, 5.41) is 11.4. The summed E-state index contributed by atoms with van der Waals surface area (Å²) in [5.74, 6) is 0.638. The lowest BCUT2D eigenvalue weighted by Gasteiger charge is -2.11. The van der Waals surface area contributed by atoms with Gasteiger partial charge in [-0.3, -0.25) is 15.1 Å². The molecule has 0 bridgehead atoms. The van der Waals surface area contributed by atoms with E-state index in [1.54, 1.807) is 18.3 Å². The molecule has 8 heteroatoms. The van der Waals surface area contributed by atoms with Crippen molar-refractivity contribution in [2.45, 2.75) is 13.5 Å². The summed E-state index contributed by atoms with van der Waals surface area (Å²) < 4.78 is 7.41. The van der Waals surface area contributed by atoms with Crippen LogP contribution in [0.3, 0.4) is 0 Å². The van der Waals surface area contributed by atoms with Crippen molar-refractivity contribution in [3.8, 4) is 5.75 Å². The van der Waals surface area contributed by atoms with E-state index in [0.717, 1.165) is 31.3 Å². The minimum atomic E-state index is -0.428. The Hall–Kier alpha value is -2.22. The normalized spacial score (nSPS) is 11.0. The monoisotopic (exact) mass is 536 g/mol. The molecule has 5 nitrogen and oxygen atoms in total. The van der Waals surface area contributed by atoms with Crippen LogP contribution in [0.5, 0.6) is 5.75 Å². The summed E-state index contributed by atoms with van der Waals surface area (Å²) in [6.07, 6.45) is 1.76. The lowest BCUT2D eigenvalue weighted by Crippen LogP contribution is -1.98. The SMILES string of the molecule is Cc1ccc(Cl)cc1N=Cc1cc(Br)c(OCc2ccc([N+](=O)[O-])cc2)c(Br)c1. The van der Waals surface area contributed by atoms with Crippen LogP contribution in [0.1, 0.15) is 16.7 Å². The maximum atomic E-state index is 10.7. The van der Waals surface area contributed by atoms with Crippen LogP contribution in [0.15, 0.2) is 68.5 Å². The molecule has 0 amide bonds. The first-order valence-corrected chi connectivity index (χ1v) is 10.5. The smallest absolute Gasteiger partial charge is 0.269 e. The third-order valence-electron chi connectivity index (χ3n) is 4.07. The Morgan fingerprint density at radius 2 is 1.76 bits per heavy atom. The van der Waals surface area contributed by atoms with Gasteiger partial charge in [0, 0.05) is 23.4 Å². The second-order valence-corrected chi connectivity index (χ2v) is 8.36. The second-order valence-electron chi connectivity index (χ2n) is 6.21. The zero-order chi connectivity index (χ0) is 21.0. The fraction of sp³-hybridized carbons (Fsp3) is 0.0952. The van der Waals surface area contributed by atoms with Crippen LogP contribution in [0.2, 0.25) is 5.02 Å². The number of nitrogens with zero attached hydrogens (tertiary/aromatic N) is 2. The van der Waals surface area contributed by atoms with Crippen LogP contribution >= 0.6 is 43.5 Å². The minimum absolute atomic E-state index is 0.0506. The summed E-state index contributed by atoms with van der Waals surface area (Å²) in [6, 6.07) is 15.6. The Morgan fingerprint density at radius 3 is 2.38 bits per heavy atom. The van der Waals surface area contributed by atoms with Crippen molar-refractivity contribution >= 4 is 61.1 Å². The van der Waals surface area contributed by atoms with E-state index in [1.807, 2.05) is 37.3 Å². The number of rotatable bonds is 6. The van der Waals surface area contributed by atoms with Crippen LogP contribution in [0.4, 0.5) is 11.4 Å². The maximum absolute atomic E-state index is 10.7. The van der Waals surface area contributed by atoms with Crippen LogP contribution in [0.25, 0.3) is 0 Å². The highest BCUT2D eigenvalue weighted by molar-refractivity contribution is 9.11. The van der Waals surface area contributed by atoms with Crippen LogP contribution in [-0.2, 0) is 6.61 Å². The van der Waals surface area contributed by atoms with E-state index in [1.165, 1.54) is 12.1 Å². The number of non-ortho nitro benzene ring substituents is 1. The average molecular weight is 539 g/mol. The fourth-order valence-electron chi connectivity index (χ4n) is 2.53. The van der Waals surface area contributed by atoms with E-state index in [9.17, 15) is 10.1 Å². The van der Waals surface area contributed by atoms with Gasteiger partial charge in [-0.2, -0.15) is 0 Å². The number of aliphatic imine (C=N–C) groups is 1. The molecule has 0 aliphatic carbocycles.